The van der Waals surface area contributed by atoms with Crippen LogP contribution in [0.1, 0.15) is 28.0 Å². The van der Waals surface area contributed by atoms with Gasteiger partial charge >= 0.3 is 0 Å². The fourth-order valence-corrected chi connectivity index (χ4v) is 3.74. The Morgan fingerprint density at radius 1 is 1.26 bits per heavy atom. The smallest absolute Gasteiger partial charge is 0.272 e. The molecule has 162 valence electrons. The molecule has 0 aliphatic carbocycles. The highest BCUT2D eigenvalue weighted by molar-refractivity contribution is 7.84. The van der Waals surface area contributed by atoms with Crippen LogP contribution in [-0.4, -0.2) is 78.7 Å². The van der Waals surface area contributed by atoms with E-state index in [1.54, 1.807) is 46.5 Å². The molecule has 4 rings (SSSR count). The molecule has 0 radical (unpaired) electrons. The van der Waals surface area contributed by atoms with E-state index in [4.69, 9.17) is 10.1 Å². The highest BCUT2D eigenvalue weighted by atomic mass is 32.2. The van der Waals surface area contributed by atoms with E-state index in [0.29, 0.717) is 48.6 Å². The number of pyridine rings is 1. The van der Waals surface area contributed by atoms with E-state index >= 15 is 0 Å². The molecule has 1 amide bonds. The van der Waals surface area contributed by atoms with E-state index in [1.807, 2.05) is 0 Å². The Labute approximate surface area is 181 Å². The summed E-state index contributed by atoms with van der Waals surface area (Å²) in [4.78, 5) is 23.2. The first kappa shape index (κ1) is 21.1. The molecule has 1 unspecified atom stereocenters. The van der Waals surface area contributed by atoms with Crippen molar-refractivity contribution in [3.05, 3.63) is 53.9 Å². The minimum atomic E-state index is -1.11. The van der Waals surface area contributed by atoms with E-state index in [2.05, 4.69) is 20.4 Å². The van der Waals surface area contributed by atoms with E-state index in [-0.39, 0.29) is 23.2 Å². The summed E-state index contributed by atoms with van der Waals surface area (Å²) in [6.07, 6.45) is 10.4. The van der Waals surface area contributed by atoms with E-state index in [1.165, 1.54) is 6.20 Å². The SMILES string of the molecule is CS(=O)CNc1cc(C(=O)N2CCCOCC2)ncc1C(=N)c1cnn2ccncc12. The number of aromatic nitrogens is 4. The maximum Gasteiger partial charge on any atom is 0.272 e. The Hall–Kier alpha value is -3.18. The third-order valence-corrected chi connectivity index (χ3v) is 5.51. The van der Waals surface area contributed by atoms with Gasteiger partial charge in [0.25, 0.3) is 5.91 Å². The summed E-state index contributed by atoms with van der Waals surface area (Å²) in [7, 11) is -1.11. The highest BCUT2D eigenvalue weighted by Crippen LogP contribution is 2.23. The van der Waals surface area contributed by atoms with Crippen molar-refractivity contribution in [1.29, 1.82) is 5.41 Å². The van der Waals surface area contributed by atoms with Crippen molar-refractivity contribution in [3.63, 3.8) is 0 Å². The molecular formula is C20H23N7O3S. The summed E-state index contributed by atoms with van der Waals surface area (Å²) in [5.74, 6) is -0.00404. The van der Waals surface area contributed by atoms with Crippen LogP contribution in [0.4, 0.5) is 5.69 Å². The van der Waals surface area contributed by atoms with Gasteiger partial charge in [0.15, 0.2) is 0 Å². The number of anilines is 1. The van der Waals surface area contributed by atoms with Crippen LogP contribution in [0, 0.1) is 5.41 Å². The van der Waals surface area contributed by atoms with Gasteiger partial charge in [0.2, 0.25) is 0 Å². The maximum atomic E-state index is 13.0. The van der Waals surface area contributed by atoms with Crippen molar-refractivity contribution in [1.82, 2.24) is 24.5 Å². The molecule has 4 heterocycles. The van der Waals surface area contributed by atoms with Crippen LogP contribution < -0.4 is 5.32 Å². The Morgan fingerprint density at radius 3 is 2.97 bits per heavy atom. The fourth-order valence-electron chi connectivity index (χ4n) is 3.38. The summed E-state index contributed by atoms with van der Waals surface area (Å²) < 4.78 is 18.7. The number of ether oxygens (including phenoxy) is 1. The predicted octanol–water partition coefficient (Wildman–Crippen LogP) is 1.15. The van der Waals surface area contributed by atoms with Crippen molar-refractivity contribution >= 4 is 33.6 Å². The van der Waals surface area contributed by atoms with Gasteiger partial charge in [-0.15, -0.1) is 0 Å². The van der Waals surface area contributed by atoms with Crippen molar-refractivity contribution in [2.45, 2.75) is 6.42 Å². The molecule has 2 N–H and O–H groups in total. The minimum Gasteiger partial charge on any atom is -0.380 e. The molecule has 3 aromatic heterocycles. The molecule has 11 heteroatoms. The first-order valence-electron chi connectivity index (χ1n) is 9.82. The standard InChI is InChI=1S/C20H23N7O3S/c1-31(29)13-24-16-9-17(20(28)26-4-2-7-30-8-6-26)23-10-14(16)19(21)15-11-25-27-5-3-22-12-18(15)27/h3,5,9-12,21H,2,4,6-8,13H2,1H3,(H,23,24). The molecule has 0 bridgehead atoms. The van der Waals surface area contributed by atoms with Crippen molar-refractivity contribution in [2.24, 2.45) is 0 Å². The lowest BCUT2D eigenvalue weighted by Gasteiger charge is -2.20. The molecule has 1 aliphatic rings. The average Bonchev–Trinajstić information content (AvgIpc) is 3.02. The van der Waals surface area contributed by atoms with Gasteiger partial charge in [0.05, 0.1) is 36.1 Å². The van der Waals surface area contributed by atoms with Crippen LogP contribution in [0.2, 0.25) is 0 Å². The van der Waals surface area contributed by atoms with Gasteiger partial charge in [-0.3, -0.25) is 24.4 Å². The minimum absolute atomic E-state index is 0.182. The molecule has 1 saturated heterocycles. The monoisotopic (exact) mass is 441 g/mol. The molecule has 0 saturated carbocycles. The zero-order valence-corrected chi connectivity index (χ0v) is 17.9. The number of amides is 1. The van der Waals surface area contributed by atoms with E-state index < -0.39 is 10.8 Å². The summed E-state index contributed by atoms with van der Waals surface area (Å²) in [5.41, 5.74) is 2.72. The van der Waals surface area contributed by atoms with Gasteiger partial charge in [-0.2, -0.15) is 5.10 Å². The third kappa shape index (κ3) is 4.62. The van der Waals surface area contributed by atoms with Crippen LogP contribution in [-0.2, 0) is 15.5 Å². The Balaban J connectivity index is 1.69. The zero-order valence-electron chi connectivity index (χ0n) is 17.1. The van der Waals surface area contributed by atoms with Gasteiger partial charge in [-0.05, 0) is 12.5 Å². The number of nitrogens with zero attached hydrogens (tertiary/aromatic N) is 5. The zero-order chi connectivity index (χ0) is 21.8. The van der Waals surface area contributed by atoms with Crippen LogP contribution in [0.15, 0.2) is 37.1 Å². The van der Waals surface area contributed by atoms with Gasteiger partial charge in [-0.25, -0.2) is 4.52 Å². The second-order valence-electron chi connectivity index (χ2n) is 7.11. The Kier molecular flexibility index (Phi) is 6.33. The average molecular weight is 442 g/mol. The summed E-state index contributed by atoms with van der Waals surface area (Å²) in [5, 5.41) is 16.1. The molecule has 1 aliphatic heterocycles. The van der Waals surface area contributed by atoms with Gasteiger partial charge < -0.3 is 15.0 Å². The van der Waals surface area contributed by atoms with Gasteiger partial charge in [0, 0.05) is 72.2 Å². The number of hydrogen-bond acceptors (Lipinski definition) is 8. The molecule has 3 aromatic rings. The van der Waals surface area contributed by atoms with Crippen molar-refractivity contribution < 1.29 is 13.7 Å². The first-order chi connectivity index (χ1) is 15.0. The van der Waals surface area contributed by atoms with E-state index in [0.717, 1.165) is 6.42 Å². The van der Waals surface area contributed by atoms with Crippen molar-refractivity contribution in [2.75, 3.05) is 43.8 Å². The third-order valence-electron chi connectivity index (χ3n) is 4.96. The molecular weight excluding hydrogens is 418 g/mol. The molecule has 1 fully saturated rings. The fraction of sp³-hybridized carbons (Fsp3) is 0.350. The Morgan fingerprint density at radius 2 is 2.13 bits per heavy atom. The quantitative estimate of drug-likeness (QED) is 0.550. The molecule has 31 heavy (non-hydrogen) atoms. The van der Waals surface area contributed by atoms with Crippen LogP contribution in [0.5, 0.6) is 0 Å². The van der Waals surface area contributed by atoms with Crippen LogP contribution >= 0.6 is 0 Å². The predicted molar refractivity (Wildman–Crippen MR) is 117 cm³/mol. The molecule has 1 atom stereocenters. The highest BCUT2D eigenvalue weighted by Gasteiger charge is 2.22. The van der Waals surface area contributed by atoms with Gasteiger partial charge in [0.1, 0.15) is 5.69 Å². The number of carbonyl (C=O) groups is 1. The molecule has 10 nitrogen and oxygen atoms in total. The lowest BCUT2D eigenvalue weighted by Crippen LogP contribution is -2.34. The molecule has 0 aromatic carbocycles. The van der Waals surface area contributed by atoms with Crippen LogP contribution in [0.25, 0.3) is 5.52 Å². The Bertz CT molecular complexity index is 1140. The van der Waals surface area contributed by atoms with Gasteiger partial charge in [-0.1, -0.05) is 0 Å². The maximum absolute atomic E-state index is 13.0. The number of carbonyl (C=O) groups excluding carboxylic acids is 1. The van der Waals surface area contributed by atoms with E-state index in [9.17, 15) is 9.00 Å². The number of rotatable bonds is 6. The topological polar surface area (TPSA) is 126 Å². The van der Waals surface area contributed by atoms with Crippen LogP contribution in [0.3, 0.4) is 0 Å². The summed E-state index contributed by atoms with van der Waals surface area (Å²) >= 11 is 0. The molecule has 0 spiro atoms. The second-order valence-corrected chi connectivity index (χ2v) is 8.54. The number of nitrogens with one attached hydrogen (secondary N) is 2. The lowest BCUT2D eigenvalue weighted by atomic mass is 10.0. The lowest BCUT2D eigenvalue weighted by molar-refractivity contribution is 0.0735. The summed E-state index contributed by atoms with van der Waals surface area (Å²) in [6, 6.07) is 1.62. The largest absolute Gasteiger partial charge is 0.380 e. The number of fused-ring (bicyclic) bond motifs is 1. The first-order valence-corrected chi connectivity index (χ1v) is 11.5. The van der Waals surface area contributed by atoms with Crippen molar-refractivity contribution in [3.8, 4) is 0 Å². The normalized spacial score (nSPS) is 15.5. The number of hydrogen-bond donors (Lipinski definition) is 2. The second kappa shape index (κ2) is 9.31. The summed E-state index contributed by atoms with van der Waals surface area (Å²) in [6.45, 7) is 2.25.